The lowest BCUT2D eigenvalue weighted by molar-refractivity contribution is -0.142. The molecule has 0 aromatic heterocycles. The van der Waals surface area contributed by atoms with Gasteiger partial charge in [0.2, 0.25) is 5.91 Å². The molecule has 0 spiro atoms. The molecule has 2 aliphatic rings. The summed E-state index contributed by atoms with van der Waals surface area (Å²) in [5.74, 6) is -1.56. The third-order valence-electron chi connectivity index (χ3n) is 4.97. The molecule has 4 heteroatoms. The Balaban J connectivity index is 1.82. The zero-order chi connectivity index (χ0) is 15.1. The summed E-state index contributed by atoms with van der Waals surface area (Å²) in [6.07, 6.45) is 2.47. The van der Waals surface area contributed by atoms with E-state index in [0.717, 1.165) is 19.4 Å². The Morgan fingerprint density at radius 2 is 2.00 bits per heavy atom. The molecule has 1 aliphatic heterocycles. The molecule has 0 radical (unpaired) electrons. The zero-order valence-corrected chi connectivity index (χ0v) is 12.5. The van der Waals surface area contributed by atoms with E-state index in [0.29, 0.717) is 6.42 Å². The summed E-state index contributed by atoms with van der Waals surface area (Å²) >= 11 is 0. The largest absolute Gasteiger partial charge is 0.481 e. The number of rotatable bonds is 3. The van der Waals surface area contributed by atoms with E-state index in [1.807, 2.05) is 11.0 Å². The van der Waals surface area contributed by atoms with E-state index in [4.69, 9.17) is 5.11 Å². The molecule has 1 amide bonds. The highest BCUT2D eigenvalue weighted by Gasteiger charge is 2.51. The smallest absolute Gasteiger partial charge is 0.307 e. The molecule has 3 rings (SSSR count). The molecule has 0 unspecified atom stereocenters. The van der Waals surface area contributed by atoms with Gasteiger partial charge in [-0.3, -0.25) is 9.59 Å². The molecule has 1 aromatic carbocycles. The summed E-state index contributed by atoms with van der Waals surface area (Å²) in [6, 6.07) is 6.34. The summed E-state index contributed by atoms with van der Waals surface area (Å²) in [6.45, 7) is 4.93. The second-order valence-corrected chi connectivity index (χ2v) is 6.27. The van der Waals surface area contributed by atoms with E-state index < -0.39 is 11.9 Å². The third-order valence-corrected chi connectivity index (χ3v) is 4.97. The van der Waals surface area contributed by atoms with E-state index in [-0.39, 0.29) is 17.9 Å². The maximum Gasteiger partial charge on any atom is 0.307 e. The van der Waals surface area contributed by atoms with Crippen molar-refractivity contribution in [2.75, 3.05) is 6.54 Å². The van der Waals surface area contributed by atoms with Crippen LogP contribution in [0, 0.1) is 25.7 Å². The number of carbonyl (C=O) groups excluding carboxylic acids is 1. The average molecular weight is 287 g/mol. The number of aliphatic carboxylic acids is 1. The van der Waals surface area contributed by atoms with Crippen molar-refractivity contribution >= 4 is 11.9 Å². The number of benzene rings is 1. The lowest BCUT2D eigenvalue weighted by Gasteiger charge is -2.27. The fourth-order valence-electron chi connectivity index (χ4n) is 3.44. The number of likely N-dealkylation sites (tertiary alicyclic amines) is 1. The predicted molar refractivity (Wildman–Crippen MR) is 78.8 cm³/mol. The van der Waals surface area contributed by atoms with Crippen LogP contribution in [0.25, 0.3) is 0 Å². The average Bonchev–Trinajstić information content (AvgIpc) is 3.12. The van der Waals surface area contributed by atoms with Gasteiger partial charge in [-0.1, -0.05) is 18.2 Å². The van der Waals surface area contributed by atoms with Crippen LogP contribution < -0.4 is 0 Å². The molecule has 112 valence electrons. The SMILES string of the molecule is Cc1cccc([C@@H]2CCCN2C(=O)[C@@H]2C[C@@H]2C(=O)O)c1C. The number of hydrogen-bond donors (Lipinski definition) is 1. The van der Waals surface area contributed by atoms with Crippen LogP contribution >= 0.6 is 0 Å². The van der Waals surface area contributed by atoms with Crippen LogP contribution in [0.15, 0.2) is 18.2 Å². The van der Waals surface area contributed by atoms with E-state index in [9.17, 15) is 9.59 Å². The molecule has 1 heterocycles. The Morgan fingerprint density at radius 3 is 2.67 bits per heavy atom. The Hall–Kier alpha value is -1.84. The molecule has 3 atom stereocenters. The Labute approximate surface area is 124 Å². The summed E-state index contributed by atoms with van der Waals surface area (Å²) in [7, 11) is 0. The van der Waals surface area contributed by atoms with Crippen molar-refractivity contribution in [1.29, 1.82) is 0 Å². The Kier molecular flexibility index (Phi) is 3.47. The van der Waals surface area contributed by atoms with Crippen LogP contribution in [0.5, 0.6) is 0 Å². The molecule has 1 saturated carbocycles. The first-order chi connectivity index (χ1) is 10.0. The predicted octanol–water partition coefficient (Wildman–Crippen LogP) is 2.69. The van der Waals surface area contributed by atoms with Gasteiger partial charge in [-0.05, 0) is 49.8 Å². The number of carboxylic acid groups (broad SMARTS) is 1. The van der Waals surface area contributed by atoms with Crippen molar-refractivity contribution in [3.63, 3.8) is 0 Å². The monoisotopic (exact) mass is 287 g/mol. The molecule has 21 heavy (non-hydrogen) atoms. The van der Waals surface area contributed by atoms with Gasteiger partial charge >= 0.3 is 5.97 Å². The quantitative estimate of drug-likeness (QED) is 0.930. The van der Waals surface area contributed by atoms with Crippen LogP contribution in [0.3, 0.4) is 0 Å². The summed E-state index contributed by atoms with van der Waals surface area (Å²) in [5.41, 5.74) is 3.70. The molecule has 1 saturated heterocycles. The topological polar surface area (TPSA) is 57.6 Å². The van der Waals surface area contributed by atoms with Gasteiger partial charge in [0.1, 0.15) is 0 Å². The fourth-order valence-corrected chi connectivity index (χ4v) is 3.44. The van der Waals surface area contributed by atoms with Gasteiger partial charge in [0.15, 0.2) is 0 Å². The summed E-state index contributed by atoms with van der Waals surface area (Å²) in [5, 5.41) is 9.01. The minimum atomic E-state index is -0.837. The number of hydrogen-bond acceptors (Lipinski definition) is 2. The first-order valence-electron chi connectivity index (χ1n) is 7.60. The minimum Gasteiger partial charge on any atom is -0.481 e. The van der Waals surface area contributed by atoms with Crippen LogP contribution in [0.4, 0.5) is 0 Å². The number of carbonyl (C=O) groups is 2. The second kappa shape index (κ2) is 5.17. The highest BCUT2D eigenvalue weighted by molar-refractivity contribution is 5.89. The van der Waals surface area contributed by atoms with Gasteiger partial charge in [0.25, 0.3) is 0 Å². The molecule has 1 aromatic rings. The molecule has 2 fully saturated rings. The maximum atomic E-state index is 12.6. The number of nitrogens with zero attached hydrogens (tertiary/aromatic N) is 1. The normalized spacial score (nSPS) is 27.7. The van der Waals surface area contributed by atoms with Gasteiger partial charge in [0, 0.05) is 6.54 Å². The number of carboxylic acids is 1. The van der Waals surface area contributed by atoms with Crippen LogP contribution in [0.2, 0.25) is 0 Å². The Bertz CT molecular complexity index is 596. The molecule has 1 N–H and O–H groups in total. The van der Waals surface area contributed by atoms with E-state index >= 15 is 0 Å². The zero-order valence-electron chi connectivity index (χ0n) is 12.5. The van der Waals surface area contributed by atoms with E-state index in [2.05, 4.69) is 26.0 Å². The lowest BCUT2D eigenvalue weighted by Crippen LogP contribution is -2.33. The van der Waals surface area contributed by atoms with Gasteiger partial charge in [0.05, 0.1) is 17.9 Å². The van der Waals surface area contributed by atoms with Crippen LogP contribution in [0.1, 0.15) is 42.0 Å². The van der Waals surface area contributed by atoms with Gasteiger partial charge in [-0.25, -0.2) is 0 Å². The van der Waals surface area contributed by atoms with E-state index in [1.165, 1.54) is 16.7 Å². The Morgan fingerprint density at radius 1 is 1.24 bits per heavy atom. The molecule has 0 bridgehead atoms. The summed E-state index contributed by atoms with van der Waals surface area (Å²) in [4.78, 5) is 25.4. The first kappa shape index (κ1) is 14.1. The van der Waals surface area contributed by atoms with Gasteiger partial charge < -0.3 is 10.0 Å². The van der Waals surface area contributed by atoms with Crippen molar-refractivity contribution in [3.8, 4) is 0 Å². The molecular weight excluding hydrogens is 266 g/mol. The molecule has 1 aliphatic carbocycles. The standard InChI is InChI=1S/C17H21NO3/c1-10-5-3-6-12(11(10)2)15-7-4-8-18(15)16(19)13-9-14(13)17(20)21/h3,5-6,13-15H,4,7-9H2,1-2H3,(H,20,21)/t13-,14+,15+/m1/s1. The second-order valence-electron chi connectivity index (χ2n) is 6.27. The van der Waals surface area contributed by atoms with Crippen LogP contribution in [-0.2, 0) is 9.59 Å². The van der Waals surface area contributed by atoms with Crippen LogP contribution in [-0.4, -0.2) is 28.4 Å². The van der Waals surface area contributed by atoms with Crippen molar-refractivity contribution in [1.82, 2.24) is 4.90 Å². The molecule has 4 nitrogen and oxygen atoms in total. The lowest BCUT2D eigenvalue weighted by atomic mass is 9.96. The molecular formula is C17H21NO3. The highest BCUT2D eigenvalue weighted by Crippen LogP contribution is 2.44. The highest BCUT2D eigenvalue weighted by atomic mass is 16.4. The van der Waals surface area contributed by atoms with E-state index in [1.54, 1.807) is 0 Å². The van der Waals surface area contributed by atoms with Gasteiger partial charge in [-0.15, -0.1) is 0 Å². The third kappa shape index (κ3) is 2.43. The van der Waals surface area contributed by atoms with Crippen molar-refractivity contribution in [2.24, 2.45) is 11.8 Å². The number of amides is 1. The van der Waals surface area contributed by atoms with Crippen molar-refractivity contribution in [3.05, 3.63) is 34.9 Å². The first-order valence-corrected chi connectivity index (χ1v) is 7.60. The minimum absolute atomic E-state index is 0.0332. The van der Waals surface area contributed by atoms with Crippen molar-refractivity contribution in [2.45, 2.75) is 39.2 Å². The van der Waals surface area contributed by atoms with Crippen molar-refractivity contribution < 1.29 is 14.7 Å². The summed E-state index contributed by atoms with van der Waals surface area (Å²) < 4.78 is 0. The fraction of sp³-hybridized carbons (Fsp3) is 0.529. The van der Waals surface area contributed by atoms with Gasteiger partial charge in [-0.2, -0.15) is 0 Å². The maximum absolute atomic E-state index is 12.6. The number of aryl methyl sites for hydroxylation is 1.